The van der Waals surface area contributed by atoms with Gasteiger partial charge in [0.05, 0.1) is 12.2 Å². The lowest BCUT2D eigenvalue weighted by Gasteiger charge is -2.60. The Bertz CT molecular complexity index is 462. The van der Waals surface area contributed by atoms with E-state index in [1.165, 1.54) is 0 Å². The van der Waals surface area contributed by atoms with Crippen LogP contribution in [0.15, 0.2) is 0 Å². The average Bonchev–Trinajstić information content (AvgIpc) is 2.23. The van der Waals surface area contributed by atoms with Crippen LogP contribution in [-0.2, 0) is 14.3 Å². The van der Waals surface area contributed by atoms with Gasteiger partial charge in [-0.15, -0.1) is 0 Å². The third-order valence-electron chi connectivity index (χ3n) is 4.90. The molecule has 0 amide bonds. The van der Waals surface area contributed by atoms with E-state index in [2.05, 4.69) is 4.18 Å². The normalized spacial score (nSPS) is 45.1. The summed E-state index contributed by atoms with van der Waals surface area (Å²) in [4.78, 5) is 0. The highest BCUT2D eigenvalue weighted by molar-refractivity contribution is 7.87. The first-order valence-electron chi connectivity index (χ1n) is 6.61. The van der Waals surface area contributed by atoms with Crippen LogP contribution in [0.4, 0.5) is 8.78 Å². The van der Waals surface area contributed by atoms with Crippen molar-refractivity contribution in [3.8, 4) is 0 Å². The van der Waals surface area contributed by atoms with E-state index in [9.17, 15) is 22.3 Å². The Morgan fingerprint density at radius 3 is 2.26 bits per heavy atom. The summed E-state index contributed by atoms with van der Waals surface area (Å²) in [5.41, 5.74) is -1.16. The van der Waals surface area contributed by atoms with Gasteiger partial charge in [-0.2, -0.15) is 17.2 Å². The summed E-state index contributed by atoms with van der Waals surface area (Å²) in [5, 5.41) is 10.5. The smallest absolute Gasteiger partial charge is 0.361 e. The fourth-order valence-electron chi connectivity index (χ4n) is 4.83. The zero-order chi connectivity index (χ0) is 13.9. The minimum Gasteiger partial charge on any atom is -0.390 e. The van der Waals surface area contributed by atoms with Gasteiger partial charge in [0, 0.05) is 0 Å². The maximum atomic E-state index is 12.3. The highest BCUT2D eigenvalue weighted by atomic mass is 32.2. The first kappa shape index (κ1) is 13.7. The van der Waals surface area contributed by atoms with Gasteiger partial charge in [0.2, 0.25) is 0 Å². The summed E-state index contributed by atoms with van der Waals surface area (Å²) in [6.07, 6.45) is 4.62. The van der Waals surface area contributed by atoms with Crippen molar-refractivity contribution in [2.75, 3.05) is 6.61 Å². The zero-order valence-electron chi connectivity index (χ0n) is 10.5. The molecule has 0 aromatic carbocycles. The molecule has 4 nitrogen and oxygen atoms in total. The van der Waals surface area contributed by atoms with Crippen LogP contribution < -0.4 is 0 Å². The van der Waals surface area contributed by atoms with E-state index in [4.69, 9.17) is 0 Å². The average molecular weight is 296 g/mol. The summed E-state index contributed by atoms with van der Waals surface area (Å²) in [7, 11) is -4.78. The van der Waals surface area contributed by atoms with Crippen LogP contribution in [0.25, 0.3) is 0 Å². The molecule has 1 N–H and O–H groups in total. The van der Waals surface area contributed by atoms with Crippen LogP contribution >= 0.6 is 0 Å². The van der Waals surface area contributed by atoms with Gasteiger partial charge in [0.15, 0.2) is 0 Å². The van der Waals surface area contributed by atoms with Gasteiger partial charge in [-0.3, -0.25) is 4.18 Å². The second-order valence-corrected chi connectivity index (χ2v) is 8.28. The molecular weight excluding hydrogens is 278 g/mol. The molecule has 4 bridgehead atoms. The van der Waals surface area contributed by atoms with Crippen LogP contribution in [-0.4, -0.2) is 31.5 Å². The molecule has 2 unspecified atom stereocenters. The lowest BCUT2D eigenvalue weighted by atomic mass is 9.48. The molecular formula is C12H18F2O4S. The maximum absolute atomic E-state index is 12.3. The lowest BCUT2D eigenvalue weighted by molar-refractivity contribution is -0.172. The molecule has 4 fully saturated rings. The Kier molecular flexibility index (Phi) is 2.97. The standard InChI is InChI=1S/C12H18F2O4S/c13-10(14)19(16,17)18-7-11-2-8-1-9(3-11)5-12(15,4-8)6-11/h8-10,15H,1-7H2. The Morgan fingerprint density at radius 1 is 1.21 bits per heavy atom. The maximum Gasteiger partial charge on any atom is 0.361 e. The summed E-state index contributed by atoms with van der Waals surface area (Å²) in [5.74, 6) is -2.74. The molecule has 0 heterocycles. The molecule has 4 aliphatic rings. The Labute approximate surface area is 111 Å². The first-order valence-corrected chi connectivity index (χ1v) is 8.08. The molecule has 4 aliphatic carbocycles. The van der Waals surface area contributed by atoms with Crippen LogP contribution in [0.1, 0.15) is 38.5 Å². The second kappa shape index (κ2) is 4.11. The van der Waals surface area contributed by atoms with Crippen molar-refractivity contribution in [1.29, 1.82) is 0 Å². The summed E-state index contributed by atoms with van der Waals surface area (Å²) >= 11 is 0. The minimum atomic E-state index is -4.78. The number of aliphatic hydroxyl groups is 1. The molecule has 0 aromatic heterocycles. The molecule has 0 saturated heterocycles. The monoisotopic (exact) mass is 296 g/mol. The van der Waals surface area contributed by atoms with Crippen LogP contribution in [0.5, 0.6) is 0 Å². The summed E-state index contributed by atoms with van der Waals surface area (Å²) in [6.45, 7) is -0.213. The number of rotatable bonds is 4. The van der Waals surface area contributed by atoms with E-state index < -0.39 is 26.9 Å². The van der Waals surface area contributed by atoms with Gasteiger partial charge in [-0.1, -0.05) is 0 Å². The highest BCUT2D eigenvalue weighted by Gasteiger charge is 2.57. The van der Waals surface area contributed by atoms with E-state index in [0.717, 1.165) is 32.1 Å². The topological polar surface area (TPSA) is 63.6 Å². The van der Waals surface area contributed by atoms with Crippen molar-refractivity contribution in [2.45, 2.75) is 49.9 Å². The largest absolute Gasteiger partial charge is 0.390 e. The van der Waals surface area contributed by atoms with E-state index in [1.807, 2.05) is 0 Å². The lowest BCUT2D eigenvalue weighted by Crippen LogP contribution is -2.57. The van der Waals surface area contributed by atoms with E-state index in [1.54, 1.807) is 0 Å². The quantitative estimate of drug-likeness (QED) is 0.805. The third-order valence-corrected chi connectivity index (χ3v) is 5.78. The van der Waals surface area contributed by atoms with Gasteiger partial charge < -0.3 is 5.11 Å². The summed E-state index contributed by atoms with van der Waals surface area (Å²) < 4.78 is 51.2. The summed E-state index contributed by atoms with van der Waals surface area (Å²) in [6, 6.07) is 0. The predicted octanol–water partition coefficient (Wildman–Crippen LogP) is 1.89. The molecule has 19 heavy (non-hydrogen) atoms. The number of hydrogen-bond donors (Lipinski definition) is 1. The number of alkyl halides is 2. The van der Waals surface area contributed by atoms with Crippen molar-refractivity contribution in [1.82, 2.24) is 0 Å². The molecule has 4 saturated carbocycles. The number of hydrogen-bond acceptors (Lipinski definition) is 4. The highest BCUT2D eigenvalue weighted by Crippen LogP contribution is 2.61. The van der Waals surface area contributed by atoms with Gasteiger partial charge in [0.25, 0.3) is 0 Å². The van der Waals surface area contributed by atoms with Crippen LogP contribution in [0.3, 0.4) is 0 Å². The molecule has 0 spiro atoms. The fraction of sp³-hybridized carbons (Fsp3) is 1.00. The van der Waals surface area contributed by atoms with Gasteiger partial charge in [0.1, 0.15) is 0 Å². The van der Waals surface area contributed by atoms with Crippen molar-refractivity contribution < 1.29 is 26.5 Å². The Balaban J connectivity index is 1.74. The predicted molar refractivity (Wildman–Crippen MR) is 62.9 cm³/mol. The van der Waals surface area contributed by atoms with Crippen LogP contribution in [0, 0.1) is 17.3 Å². The SMILES string of the molecule is O=S(=O)(OCC12CC3CC(CC(O)(C3)C1)C2)C(F)F. The number of halogens is 2. The minimum absolute atomic E-state index is 0.213. The Hall–Kier alpha value is -0.270. The molecule has 7 heteroatoms. The van der Waals surface area contributed by atoms with Gasteiger partial charge in [-0.05, 0) is 55.8 Å². The molecule has 0 aliphatic heterocycles. The molecule has 4 rings (SSSR count). The van der Waals surface area contributed by atoms with E-state index >= 15 is 0 Å². The van der Waals surface area contributed by atoms with Crippen molar-refractivity contribution in [3.63, 3.8) is 0 Å². The molecule has 0 aromatic rings. The van der Waals surface area contributed by atoms with Gasteiger partial charge in [-0.25, -0.2) is 0 Å². The van der Waals surface area contributed by atoms with E-state index in [0.29, 0.717) is 18.3 Å². The third kappa shape index (κ3) is 2.40. The first-order chi connectivity index (χ1) is 8.72. The van der Waals surface area contributed by atoms with Crippen LogP contribution in [0.2, 0.25) is 0 Å². The molecule has 2 atom stereocenters. The van der Waals surface area contributed by atoms with Crippen molar-refractivity contribution >= 4 is 10.1 Å². The fourth-order valence-corrected chi connectivity index (χ4v) is 5.35. The van der Waals surface area contributed by atoms with Crippen molar-refractivity contribution in [3.05, 3.63) is 0 Å². The Morgan fingerprint density at radius 2 is 1.79 bits per heavy atom. The molecule has 110 valence electrons. The van der Waals surface area contributed by atoms with Crippen molar-refractivity contribution in [2.24, 2.45) is 17.3 Å². The second-order valence-electron chi connectivity index (χ2n) is 6.70. The zero-order valence-corrected chi connectivity index (χ0v) is 11.3. The van der Waals surface area contributed by atoms with E-state index in [-0.39, 0.29) is 6.61 Å². The van der Waals surface area contributed by atoms with Gasteiger partial charge >= 0.3 is 15.9 Å². The molecule has 0 radical (unpaired) electrons.